The molecule has 0 aromatic carbocycles. The molecule has 0 unspecified atom stereocenters. The molecule has 0 aliphatic carbocycles. The average molecular weight is 347 g/mol. The molecule has 1 heterocycles. The summed E-state index contributed by atoms with van der Waals surface area (Å²) in [7, 11) is -2.57. The van der Waals surface area contributed by atoms with Gasteiger partial charge in [-0.3, -0.25) is 0 Å². The van der Waals surface area contributed by atoms with Gasteiger partial charge in [0.15, 0.2) is 0 Å². The van der Waals surface area contributed by atoms with Gasteiger partial charge >= 0.3 is 10.2 Å². The van der Waals surface area contributed by atoms with E-state index >= 15 is 0 Å². The molecule has 0 fully saturated rings. The van der Waals surface area contributed by atoms with Gasteiger partial charge in [0.05, 0.1) is 5.69 Å². The normalized spacial score (nSPS) is 13.9. The second kappa shape index (κ2) is 6.43. The molecule has 6 nitrogen and oxygen atoms in total. The monoisotopic (exact) mass is 346 g/mol. The molecule has 0 aliphatic heterocycles. The van der Waals surface area contributed by atoms with Crippen LogP contribution in [0.25, 0.3) is 0 Å². The lowest BCUT2D eigenvalue weighted by Crippen LogP contribution is -2.56. The first-order valence-corrected chi connectivity index (χ1v) is 12.0. The fourth-order valence-corrected chi connectivity index (χ4v) is 5.76. The van der Waals surface area contributed by atoms with E-state index < -0.39 is 18.3 Å². The van der Waals surface area contributed by atoms with Gasteiger partial charge in [0.2, 0.25) is 0 Å². The molecule has 1 aromatic rings. The number of imidazole rings is 1. The smallest absolute Gasteiger partial charge is 0.308 e. The lowest BCUT2D eigenvalue weighted by molar-refractivity contribution is 0.509. The predicted molar refractivity (Wildman–Crippen MR) is 94.4 cm³/mol. The highest BCUT2D eigenvalue weighted by molar-refractivity contribution is 7.87. The summed E-state index contributed by atoms with van der Waals surface area (Å²) in [5.41, 5.74) is 7.01. The molecule has 22 heavy (non-hydrogen) atoms. The Morgan fingerprint density at radius 2 is 1.86 bits per heavy atom. The molecule has 0 saturated carbocycles. The minimum atomic E-state index is -3.59. The molecule has 0 aliphatic rings. The van der Waals surface area contributed by atoms with E-state index in [1.54, 1.807) is 20.3 Å². The van der Waals surface area contributed by atoms with E-state index in [1.165, 1.54) is 8.28 Å². The summed E-state index contributed by atoms with van der Waals surface area (Å²) in [5, 5.41) is 0.00305. The zero-order valence-corrected chi connectivity index (χ0v) is 16.7. The quantitative estimate of drug-likeness (QED) is 0.783. The van der Waals surface area contributed by atoms with Crippen LogP contribution in [0.3, 0.4) is 0 Å². The summed E-state index contributed by atoms with van der Waals surface area (Å²) in [6.45, 7) is 11.3. The Morgan fingerprint density at radius 3 is 2.27 bits per heavy atom. The molecule has 0 radical (unpaired) electrons. The highest BCUT2D eigenvalue weighted by Gasteiger charge is 2.43. The van der Waals surface area contributed by atoms with E-state index in [-0.39, 0.29) is 5.04 Å². The van der Waals surface area contributed by atoms with Gasteiger partial charge in [-0.05, 0) is 24.4 Å². The van der Waals surface area contributed by atoms with E-state index in [2.05, 4.69) is 38.8 Å². The van der Waals surface area contributed by atoms with E-state index in [0.717, 1.165) is 12.1 Å². The van der Waals surface area contributed by atoms with Crippen molar-refractivity contribution in [2.24, 2.45) is 5.73 Å². The van der Waals surface area contributed by atoms with Crippen LogP contribution in [0, 0.1) is 0 Å². The molecular formula is C14H30N4O2SSi. The Hall–Kier alpha value is -0.703. The number of hydrogen-bond acceptors (Lipinski definition) is 4. The number of hydrogen-bond donors (Lipinski definition) is 1. The van der Waals surface area contributed by atoms with Gasteiger partial charge in [0.25, 0.3) is 0 Å². The first-order valence-electron chi connectivity index (χ1n) is 7.57. The number of nitrogens with zero attached hydrogens (tertiary/aromatic N) is 3. The Morgan fingerprint density at radius 1 is 1.32 bits per heavy atom. The zero-order chi connectivity index (χ0) is 17.3. The van der Waals surface area contributed by atoms with Crippen molar-refractivity contribution >= 4 is 23.7 Å². The van der Waals surface area contributed by atoms with Crippen LogP contribution in [-0.4, -0.2) is 50.4 Å². The van der Waals surface area contributed by atoms with Crippen molar-refractivity contribution in [1.29, 1.82) is 0 Å². The molecule has 128 valence electrons. The summed E-state index contributed by atoms with van der Waals surface area (Å²) in [5.74, 6) is 0. The number of aryl methyl sites for hydroxylation is 1. The zero-order valence-electron chi connectivity index (χ0n) is 14.8. The van der Waals surface area contributed by atoms with E-state index in [4.69, 9.17) is 5.73 Å². The minimum absolute atomic E-state index is 0.00305. The molecule has 1 rings (SSSR count). The van der Waals surface area contributed by atoms with Crippen molar-refractivity contribution in [3.8, 4) is 0 Å². The van der Waals surface area contributed by atoms with Gasteiger partial charge in [-0.2, -0.15) is 12.7 Å². The van der Waals surface area contributed by atoms with Gasteiger partial charge < -0.3 is 5.73 Å². The molecular weight excluding hydrogens is 316 g/mol. The van der Waals surface area contributed by atoms with Crippen LogP contribution < -0.4 is 11.2 Å². The van der Waals surface area contributed by atoms with E-state index in [0.29, 0.717) is 18.4 Å². The maximum Gasteiger partial charge on any atom is 0.308 e. The topological polar surface area (TPSA) is 81.2 Å². The van der Waals surface area contributed by atoms with Crippen LogP contribution in [0.5, 0.6) is 0 Å². The third-order valence-electron chi connectivity index (χ3n) is 4.55. The number of aromatic nitrogens is 2. The fraction of sp³-hybridized carbons (Fsp3) is 0.786. The minimum Gasteiger partial charge on any atom is -0.330 e. The molecule has 0 saturated heterocycles. The molecule has 1 aromatic heterocycles. The summed E-state index contributed by atoms with van der Waals surface area (Å²) in [6, 6.07) is 0. The first-order chi connectivity index (χ1) is 9.87. The second-order valence-corrected chi connectivity index (χ2v) is 14.6. The van der Waals surface area contributed by atoms with Crippen molar-refractivity contribution in [2.75, 3.05) is 20.6 Å². The number of rotatable bonds is 6. The SMILES string of the molecule is CN(C)S(=O)(=O)n1c(CCCN)cnc1[Si](C)(C)C(C)(C)C. The first kappa shape index (κ1) is 19.3. The van der Waals surface area contributed by atoms with Gasteiger partial charge in [0.1, 0.15) is 13.5 Å². The van der Waals surface area contributed by atoms with Gasteiger partial charge in [0, 0.05) is 20.3 Å². The van der Waals surface area contributed by atoms with Crippen molar-refractivity contribution in [2.45, 2.75) is 51.7 Å². The van der Waals surface area contributed by atoms with Crippen molar-refractivity contribution < 1.29 is 8.42 Å². The van der Waals surface area contributed by atoms with Crippen molar-refractivity contribution in [3.05, 3.63) is 11.9 Å². The van der Waals surface area contributed by atoms with Crippen LogP contribution in [0.15, 0.2) is 6.20 Å². The van der Waals surface area contributed by atoms with E-state index in [1.807, 2.05) is 0 Å². The molecule has 0 bridgehead atoms. The summed E-state index contributed by atoms with van der Waals surface area (Å²) >= 11 is 0. The second-order valence-electron chi connectivity index (χ2n) is 7.39. The maximum absolute atomic E-state index is 12.8. The average Bonchev–Trinajstić information content (AvgIpc) is 2.79. The summed E-state index contributed by atoms with van der Waals surface area (Å²) < 4.78 is 28.3. The lowest BCUT2D eigenvalue weighted by Gasteiger charge is -2.36. The Labute approximate surface area is 135 Å². The molecule has 0 amide bonds. The Bertz CT molecular complexity index is 615. The summed E-state index contributed by atoms with van der Waals surface area (Å²) in [4.78, 5) is 4.53. The van der Waals surface area contributed by atoms with Crippen LogP contribution in [0.2, 0.25) is 18.1 Å². The summed E-state index contributed by atoms with van der Waals surface area (Å²) in [6.07, 6.45) is 3.06. The highest BCUT2D eigenvalue weighted by Crippen LogP contribution is 2.35. The fourth-order valence-electron chi connectivity index (χ4n) is 2.00. The van der Waals surface area contributed by atoms with Gasteiger partial charge in [-0.25, -0.2) is 8.96 Å². The van der Waals surface area contributed by atoms with E-state index in [9.17, 15) is 8.42 Å². The third kappa shape index (κ3) is 3.45. The highest BCUT2D eigenvalue weighted by atomic mass is 32.2. The Kier molecular flexibility index (Phi) is 5.65. The molecule has 0 spiro atoms. The maximum atomic E-state index is 12.8. The molecule has 0 atom stereocenters. The van der Waals surface area contributed by atoms with Gasteiger partial charge in [-0.1, -0.05) is 33.9 Å². The largest absolute Gasteiger partial charge is 0.330 e. The van der Waals surface area contributed by atoms with Crippen LogP contribution in [0.1, 0.15) is 32.9 Å². The Balaban J connectivity index is 3.59. The molecule has 8 heteroatoms. The van der Waals surface area contributed by atoms with Gasteiger partial charge in [-0.15, -0.1) is 0 Å². The standard InChI is InChI=1S/C14H30N4O2SSi/c1-14(2,3)22(6,7)13-16-11-12(9-8-10-15)18(13)21(19,20)17(4)5/h11H,8-10,15H2,1-7H3. The van der Waals surface area contributed by atoms with Crippen LogP contribution in [0.4, 0.5) is 0 Å². The number of nitrogens with two attached hydrogens (primary N) is 1. The predicted octanol–water partition coefficient (Wildman–Crippen LogP) is 1.14. The van der Waals surface area contributed by atoms with Crippen molar-refractivity contribution in [1.82, 2.24) is 13.3 Å². The van der Waals surface area contributed by atoms with Crippen LogP contribution in [-0.2, 0) is 16.6 Å². The molecule has 2 N–H and O–H groups in total. The van der Waals surface area contributed by atoms with Crippen molar-refractivity contribution in [3.63, 3.8) is 0 Å². The van der Waals surface area contributed by atoms with Crippen LogP contribution >= 0.6 is 0 Å². The third-order valence-corrected chi connectivity index (χ3v) is 11.7. The lowest BCUT2D eigenvalue weighted by atomic mass is 10.2.